The molecule has 13 aromatic rings. The molecule has 5 heterocycles. The van der Waals surface area contributed by atoms with Crippen molar-refractivity contribution in [3.8, 4) is 28.3 Å². The molecule has 55 heavy (non-hydrogen) atoms. The fourth-order valence-electron chi connectivity index (χ4n) is 9.30. The van der Waals surface area contributed by atoms with Crippen molar-refractivity contribution in [2.45, 2.75) is 0 Å². The second-order valence-corrected chi connectivity index (χ2v) is 15.6. The number of benzene rings is 8. The molecule has 0 amide bonds. The van der Waals surface area contributed by atoms with Gasteiger partial charge < -0.3 is 4.40 Å². The van der Waals surface area contributed by atoms with Crippen molar-refractivity contribution < 1.29 is 0 Å². The minimum absolute atomic E-state index is 0.682. The van der Waals surface area contributed by atoms with Gasteiger partial charge >= 0.3 is 0 Å². The number of hydrogen-bond donors (Lipinski definition) is 0. The fourth-order valence-corrected chi connectivity index (χ4v) is 10.4. The van der Waals surface area contributed by atoms with Gasteiger partial charge in [0.05, 0.1) is 33.3 Å². The SMILES string of the molecule is c1ccc(-c2ccc3c4cc5c(c6ccccc6n5-c5nc(-c6ccc7ccccc7c6)c6c(n5)sc5ccccc56)c5c6ccccc6n(c3c2)c45)cc1. The van der Waals surface area contributed by atoms with Gasteiger partial charge in [-0.3, -0.25) is 4.57 Å². The highest BCUT2D eigenvalue weighted by molar-refractivity contribution is 7.25. The van der Waals surface area contributed by atoms with Crippen molar-refractivity contribution in [3.05, 3.63) is 170 Å². The summed E-state index contributed by atoms with van der Waals surface area (Å²) >= 11 is 1.74. The zero-order valence-electron chi connectivity index (χ0n) is 29.4. The van der Waals surface area contributed by atoms with Crippen LogP contribution in [0.2, 0.25) is 0 Å². The Balaban J connectivity index is 1.19. The lowest BCUT2D eigenvalue weighted by Crippen LogP contribution is -2.02. The summed E-state index contributed by atoms with van der Waals surface area (Å²) in [4.78, 5) is 12.0. The lowest BCUT2D eigenvalue weighted by atomic mass is 10.0. The van der Waals surface area contributed by atoms with Crippen molar-refractivity contribution in [1.29, 1.82) is 0 Å². The number of hydrogen-bond acceptors (Lipinski definition) is 3. The number of thiophene rings is 1. The molecule has 0 aliphatic rings. The van der Waals surface area contributed by atoms with Gasteiger partial charge in [-0.05, 0) is 58.3 Å². The van der Waals surface area contributed by atoms with Gasteiger partial charge in [-0.25, -0.2) is 9.97 Å². The van der Waals surface area contributed by atoms with Gasteiger partial charge in [-0.2, -0.15) is 0 Å². The molecule has 0 saturated carbocycles. The van der Waals surface area contributed by atoms with Gasteiger partial charge in [-0.1, -0.05) is 133 Å². The largest absolute Gasteiger partial charge is 0.308 e. The molecule has 8 aromatic carbocycles. The van der Waals surface area contributed by atoms with E-state index >= 15 is 0 Å². The van der Waals surface area contributed by atoms with Crippen molar-refractivity contribution >= 4 is 102 Å². The maximum Gasteiger partial charge on any atom is 0.236 e. The van der Waals surface area contributed by atoms with E-state index in [-0.39, 0.29) is 0 Å². The third-order valence-electron chi connectivity index (χ3n) is 11.7. The second kappa shape index (κ2) is 10.8. The van der Waals surface area contributed by atoms with Crippen molar-refractivity contribution in [3.63, 3.8) is 0 Å². The van der Waals surface area contributed by atoms with Crippen molar-refractivity contribution in [2.24, 2.45) is 0 Å². The maximum atomic E-state index is 5.58. The first-order valence-electron chi connectivity index (χ1n) is 18.7. The molecule has 0 fully saturated rings. The first-order valence-corrected chi connectivity index (χ1v) is 19.5. The standard InChI is InChI=1S/C50H28N4S/c1-2-12-29(13-3-1)32-24-25-34-38-28-42-44(45-36-17-7-9-19-39(36)53(48(38)45)41(34)27-32)35-16-6-10-20-40(35)54(42)50-51-47(33-23-22-30-14-4-5-15-31(30)26-33)46-37-18-8-11-21-43(37)55-49(46)52-50/h1-28H. The van der Waals surface area contributed by atoms with E-state index in [4.69, 9.17) is 9.97 Å². The highest BCUT2D eigenvalue weighted by Gasteiger charge is 2.26. The number of aromatic nitrogens is 4. The van der Waals surface area contributed by atoms with Crippen molar-refractivity contribution in [2.75, 3.05) is 0 Å². The van der Waals surface area contributed by atoms with E-state index in [0.29, 0.717) is 5.95 Å². The predicted octanol–water partition coefficient (Wildman–Crippen LogP) is 13.6. The van der Waals surface area contributed by atoms with Gasteiger partial charge in [0, 0.05) is 53.4 Å². The van der Waals surface area contributed by atoms with Crippen LogP contribution < -0.4 is 0 Å². The van der Waals surface area contributed by atoms with Crippen LogP contribution in [-0.4, -0.2) is 18.9 Å². The molecular weight excluding hydrogens is 689 g/mol. The van der Waals surface area contributed by atoms with Crippen LogP contribution in [0, 0.1) is 0 Å². The van der Waals surface area contributed by atoms with Crippen LogP contribution in [0.5, 0.6) is 0 Å². The number of fused-ring (bicyclic) bond motifs is 14. The molecule has 0 bridgehead atoms. The molecular formula is C50H28N4S. The summed E-state index contributed by atoms with van der Waals surface area (Å²) in [5.74, 6) is 0.682. The monoisotopic (exact) mass is 716 g/mol. The summed E-state index contributed by atoms with van der Waals surface area (Å²) in [5.41, 5.74) is 10.4. The molecule has 0 unspecified atom stereocenters. The average molecular weight is 717 g/mol. The van der Waals surface area contributed by atoms with E-state index in [1.165, 1.54) is 80.9 Å². The third-order valence-corrected chi connectivity index (χ3v) is 12.7. The second-order valence-electron chi connectivity index (χ2n) is 14.6. The van der Waals surface area contributed by atoms with Crippen LogP contribution in [0.1, 0.15) is 0 Å². The van der Waals surface area contributed by atoms with E-state index in [1.807, 2.05) is 0 Å². The highest BCUT2D eigenvalue weighted by Crippen LogP contribution is 2.47. The molecule has 254 valence electrons. The molecule has 0 spiro atoms. The van der Waals surface area contributed by atoms with E-state index in [9.17, 15) is 0 Å². The summed E-state index contributed by atoms with van der Waals surface area (Å²) in [6.07, 6.45) is 0. The van der Waals surface area contributed by atoms with Crippen LogP contribution in [0.15, 0.2) is 170 Å². The Morgan fingerprint density at radius 1 is 0.400 bits per heavy atom. The molecule has 0 N–H and O–H groups in total. The first kappa shape index (κ1) is 29.4. The Hall–Kier alpha value is -7.08. The smallest absolute Gasteiger partial charge is 0.236 e. The molecule has 13 rings (SSSR count). The number of para-hydroxylation sites is 2. The minimum atomic E-state index is 0.682. The van der Waals surface area contributed by atoms with Gasteiger partial charge in [0.15, 0.2) is 0 Å². The van der Waals surface area contributed by atoms with Gasteiger partial charge in [-0.15, -0.1) is 11.3 Å². The molecule has 0 aliphatic heterocycles. The zero-order valence-corrected chi connectivity index (χ0v) is 30.2. The third kappa shape index (κ3) is 3.94. The van der Waals surface area contributed by atoms with Crippen LogP contribution in [-0.2, 0) is 0 Å². The van der Waals surface area contributed by atoms with Gasteiger partial charge in [0.25, 0.3) is 0 Å². The Morgan fingerprint density at radius 2 is 1.11 bits per heavy atom. The topological polar surface area (TPSA) is 35.1 Å². The van der Waals surface area contributed by atoms with E-state index in [1.54, 1.807) is 11.3 Å². The van der Waals surface area contributed by atoms with E-state index in [0.717, 1.165) is 32.5 Å². The molecule has 5 heteroatoms. The Kier molecular flexibility index (Phi) is 5.74. The quantitative estimate of drug-likeness (QED) is 0.182. The highest BCUT2D eigenvalue weighted by atomic mass is 32.1. The maximum absolute atomic E-state index is 5.58. The molecule has 4 nitrogen and oxygen atoms in total. The number of nitrogens with zero attached hydrogens (tertiary/aromatic N) is 4. The van der Waals surface area contributed by atoms with Crippen LogP contribution >= 0.6 is 11.3 Å². The number of rotatable bonds is 3. The lowest BCUT2D eigenvalue weighted by molar-refractivity contribution is 1.02. The Labute approximate surface area is 318 Å². The predicted molar refractivity (Wildman–Crippen MR) is 232 cm³/mol. The van der Waals surface area contributed by atoms with Gasteiger partial charge in [0.2, 0.25) is 5.95 Å². The summed E-state index contributed by atoms with van der Waals surface area (Å²) < 4.78 is 6.02. The summed E-state index contributed by atoms with van der Waals surface area (Å²) in [6.45, 7) is 0. The summed E-state index contributed by atoms with van der Waals surface area (Å²) in [7, 11) is 0. The van der Waals surface area contributed by atoms with Crippen molar-refractivity contribution in [1.82, 2.24) is 18.9 Å². The first-order chi connectivity index (χ1) is 27.3. The van der Waals surface area contributed by atoms with E-state index < -0.39 is 0 Å². The average Bonchev–Trinajstić information content (AvgIpc) is 3.98. The van der Waals surface area contributed by atoms with Crippen LogP contribution in [0.4, 0.5) is 0 Å². The Morgan fingerprint density at radius 3 is 1.98 bits per heavy atom. The van der Waals surface area contributed by atoms with Gasteiger partial charge in [0.1, 0.15) is 4.83 Å². The molecule has 5 aromatic heterocycles. The summed E-state index contributed by atoms with van der Waals surface area (Å²) in [6, 6.07) is 61.6. The van der Waals surface area contributed by atoms with E-state index in [2.05, 4.69) is 179 Å². The zero-order chi connectivity index (χ0) is 35.8. The molecule has 0 aliphatic carbocycles. The molecule has 0 atom stereocenters. The summed E-state index contributed by atoms with van der Waals surface area (Å²) in [5, 5.41) is 12.1. The minimum Gasteiger partial charge on any atom is -0.308 e. The van der Waals surface area contributed by atoms with Crippen LogP contribution in [0.3, 0.4) is 0 Å². The normalized spacial score (nSPS) is 12.4. The lowest BCUT2D eigenvalue weighted by Gasteiger charge is -2.11. The molecule has 0 radical (unpaired) electrons. The Bertz CT molecular complexity index is 3720. The fraction of sp³-hybridized carbons (Fsp3) is 0. The molecule has 0 saturated heterocycles. The van der Waals surface area contributed by atoms with Crippen LogP contribution in [0.25, 0.3) is 119 Å².